The van der Waals surface area contributed by atoms with Crippen molar-refractivity contribution in [1.82, 2.24) is 4.31 Å². The molecular weight excluding hydrogens is 252 g/mol. The van der Waals surface area contributed by atoms with Crippen LogP contribution in [0, 0.1) is 12.8 Å². The molecule has 0 spiro atoms. The number of rotatable bonds is 6. The molecule has 0 aliphatic carbocycles. The van der Waals surface area contributed by atoms with Crippen molar-refractivity contribution in [2.24, 2.45) is 11.7 Å². The van der Waals surface area contributed by atoms with Crippen LogP contribution in [-0.2, 0) is 16.6 Å². The van der Waals surface area contributed by atoms with E-state index in [4.69, 9.17) is 10.2 Å². The topological polar surface area (TPSA) is 76.5 Å². The lowest BCUT2D eigenvalue weighted by molar-refractivity contribution is 0.425. The molecule has 104 valence electrons. The zero-order valence-electron chi connectivity index (χ0n) is 11.4. The van der Waals surface area contributed by atoms with Gasteiger partial charge in [0.1, 0.15) is 16.4 Å². The summed E-state index contributed by atoms with van der Waals surface area (Å²) in [4.78, 5) is 0.217. The van der Waals surface area contributed by atoms with Crippen molar-refractivity contribution < 1.29 is 12.8 Å². The molecule has 0 radical (unpaired) electrons. The van der Waals surface area contributed by atoms with Crippen molar-refractivity contribution in [2.75, 3.05) is 13.6 Å². The van der Waals surface area contributed by atoms with E-state index in [9.17, 15) is 8.42 Å². The summed E-state index contributed by atoms with van der Waals surface area (Å²) in [5.41, 5.74) is 5.45. The molecule has 0 atom stereocenters. The van der Waals surface area contributed by atoms with Crippen molar-refractivity contribution in [3.05, 3.63) is 17.6 Å². The lowest BCUT2D eigenvalue weighted by Crippen LogP contribution is -2.28. The van der Waals surface area contributed by atoms with Crippen LogP contribution in [0.4, 0.5) is 0 Å². The number of sulfonamides is 1. The predicted octanol–water partition coefficient (Wildman–Crippen LogP) is 1.71. The Kier molecular flexibility index (Phi) is 4.95. The van der Waals surface area contributed by atoms with Gasteiger partial charge in [-0.05, 0) is 19.3 Å². The van der Waals surface area contributed by atoms with Crippen LogP contribution in [0.3, 0.4) is 0 Å². The molecule has 18 heavy (non-hydrogen) atoms. The minimum absolute atomic E-state index is 0.200. The molecule has 0 bridgehead atoms. The van der Waals surface area contributed by atoms with Crippen molar-refractivity contribution >= 4 is 10.0 Å². The van der Waals surface area contributed by atoms with Crippen LogP contribution in [0.15, 0.2) is 15.4 Å². The van der Waals surface area contributed by atoms with Crippen LogP contribution in [0.1, 0.15) is 31.8 Å². The second-order valence-corrected chi connectivity index (χ2v) is 6.86. The van der Waals surface area contributed by atoms with Gasteiger partial charge in [0.25, 0.3) is 0 Å². The summed E-state index contributed by atoms with van der Waals surface area (Å²) in [5.74, 6) is 1.35. The maximum Gasteiger partial charge on any atom is 0.246 e. The van der Waals surface area contributed by atoms with Crippen LogP contribution >= 0.6 is 0 Å². The summed E-state index contributed by atoms with van der Waals surface area (Å²) in [5, 5.41) is 0. The molecule has 1 aromatic rings. The zero-order chi connectivity index (χ0) is 13.9. The monoisotopic (exact) mass is 274 g/mol. The number of nitrogens with two attached hydrogens (primary N) is 1. The number of nitrogens with zero attached hydrogens (tertiary/aromatic N) is 1. The molecule has 0 amide bonds. The Morgan fingerprint density at radius 3 is 2.50 bits per heavy atom. The smallest absolute Gasteiger partial charge is 0.246 e. The lowest BCUT2D eigenvalue weighted by Gasteiger charge is -2.17. The lowest BCUT2D eigenvalue weighted by atomic mass is 10.1. The Balaban J connectivity index is 2.94. The molecule has 0 saturated heterocycles. The summed E-state index contributed by atoms with van der Waals surface area (Å²) in [7, 11) is -1.88. The first-order valence-corrected chi connectivity index (χ1v) is 7.48. The van der Waals surface area contributed by atoms with Gasteiger partial charge in [-0.2, -0.15) is 0 Å². The van der Waals surface area contributed by atoms with Gasteiger partial charge in [-0.1, -0.05) is 13.8 Å². The van der Waals surface area contributed by atoms with Gasteiger partial charge in [0.05, 0.1) is 6.54 Å². The van der Waals surface area contributed by atoms with Gasteiger partial charge < -0.3 is 10.2 Å². The first kappa shape index (κ1) is 15.2. The quantitative estimate of drug-likeness (QED) is 0.856. The second-order valence-electron chi connectivity index (χ2n) is 4.85. The van der Waals surface area contributed by atoms with E-state index in [1.54, 1.807) is 14.0 Å². The molecule has 0 aliphatic heterocycles. The largest absolute Gasteiger partial charge is 0.464 e. The molecule has 0 fully saturated rings. The van der Waals surface area contributed by atoms with Gasteiger partial charge in [0.2, 0.25) is 10.0 Å². The highest BCUT2D eigenvalue weighted by molar-refractivity contribution is 7.89. The molecule has 1 aromatic heterocycles. The van der Waals surface area contributed by atoms with Crippen molar-refractivity contribution in [1.29, 1.82) is 0 Å². The van der Waals surface area contributed by atoms with Crippen molar-refractivity contribution in [3.8, 4) is 0 Å². The van der Waals surface area contributed by atoms with E-state index < -0.39 is 10.0 Å². The van der Waals surface area contributed by atoms with E-state index in [0.717, 1.165) is 6.42 Å². The first-order chi connectivity index (χ1) is 8.28. The molecule has 0 aliphatic rings. The third kappa shape index (κ3) is 3.34. The molecule has 0 saturated carbocycles. The van der Waals surface area contributed by atoms with E-state index in [1.807, 2.05) is 0 Å². The van der Waals surface area contributed by atoms with Crippen LogP contribution in [0.2, 0.25) is 0 Å². The first-order valence-electron chi connectivity index (χ1n) is 6.04. The van der Waals surface area contributed by atoms with E-state index in [1.165, 1.54) is 10.4 Å². The SMILES string of the molecule is Cc1oc(CN)cc1S(=O)(=O)N(C)CCC(C)C. The highest BCUT2D eigenvalue weighted by atomic mass is 32.2. The molecule has 2 N–H and O–H groups in total. The molecular formula is C12H22N2O3S. The van der Waals surface area contributed by atoms with E-state index in [2.05, 4.69) is 13.8 Å². The molecule has 0 unspecified atom stereocenters. The Labute approximate surface area is 109 Å². The minimum Gasteiger partial charge on any atom is -0.464 e. The predicted molar refractivity (Wildman–Crippen MR) is 70.6 cm³/mol. The molecule has 0 aromatic carbocycles. The summed E-state index contributed by atoms with van der Waals surface area (Å²) in [6, 6.07) is 1.51. The molecule has 5 nitrogen and oxygen atoms in total. The van der Waals surface area contributed by atoms with Crippen LogP contribution in [0.25, 0.3) is 0 Å². The highest BCUT2D eigenvalue weighted by Gasteiger charge is 2.25. The van der Waals surface area contributed by atoms with E-state index in [0.29, 0.717) is 24.0 Å². The average molecular weight is 274 g/mol. The standard InChI is InChI=1S/C12H22N2O3S/c1-9(2)5-6-14(4)18(15,16)12-7-11(8-13)17-10(12)3/h7,9H,5-6,8,13H2,1-4H3. The van der Waals surface area contributed by atoms with E-state index >= 15 is 0 Å². The normalized spacial score (nSPS) is 12.6. The van der Waals surface area contributed by atoms with Crippen LogP contribution in [-0.4, -0.2) is 26.3 Å². The fourth-order valence-electron chi connectivity index (χ4n) is 1.61. The van der Waals surface area contributed by atoms with Gasteiger partial charge in [0.15, 0.2) is 0 Å². The van der Waals surface area contributed by atoms with Crippen molar-refractivity contribution in [2.45, 2.75) is 38.6 Å². The van der Waals surface area contributed by atoms with Gasteiger partial charge in [0, 0.05) is 19.7 Å². The maximum absolute atomic E-state index is 12.3. The third-order valence-corrected chi connectivity index (χ3v) is 4.80. The Hall–Kier alpha value is -0.850. The number of aryl methyl sites for hydroxylation is 1. The van der Waals surface area contributed by atoms with Gasteiger partial charge in [-0.3, -0.25) is 0 Å². The van der Waals surface area contributed by atoms with E-state index in [-0.39, 0.29) is 11.4 Å². The summed E-state index contributed by atoms with van der Waals surface area (Å²) in [6.45, 7) is 6.48. The molecule has 1 rings (SSSR count). The highest BCUT2D eigenvalue weighted by Crippen LogP contribution is 2.23. The Morgan fingerprint density at radius 1 is 1.44 bits per heavy atom. The number of furan rings is 1. The number of hydrogen-bond acceptors (Lipinski definition) is 4. The fraction of sp³-hybridized carbons (Fsp3) is 0.667. The molecule has 6 heteroatoms. The number of hydrogen-bond donors (Lipinski definition) is 1. The zero-order valence-corrected chi connectivity index (χ0v) is 12.3. The summed E-state index contributed by atoms with van der Waals surface area (Å²) in [6.07, 6.45) is 0.830. The molecule has 1 heterocycles. The summed E-state index contributed by atoms with van der Waals surface area (Å²) >= 11 is 0. The van der Waals surface area contributed by atoms with Crippen molar-refractivity contribution in [3.63, 3.8) is 0 Å². The Morgan fingerprint density at radius 2 is 2.06 bits per heavy atom. The van der Waals surface area contributed by atoms with Gasteiger partial charge in [-0.15, -0.1) is 0 Å². The minimum atomic E-state index is -3.47. The van der Waals surface area contributed by atoms with Gasteiger partial charge in [-0.25, -0.2) is 12.7 Å². The fourth-order valence-corrected chi connectivity index (χ4v) is 2.98. The Bertz CT molecular complexity index is 491. The van der Waals surface area contributed by atoms with Gasteiger partial charge >= 0.3 is 0 Å². The average Bonchev–Trinajstić information content (AvgIpc) is 2.67. The van der Waals surface area contributed by atoms with Crippen LogP contribution in [0.5, 0.6) is 0 Å². The summed E-state index contributed by atoms with van der Waals surface area (Å²) < 4.78 is 31.3. The van der Waals surface area contributed by atoms with Crippen LogP contribution < -0.4 is 5.73 Å². The maximum atomic E-state index is 12.3. The second kappa shape index (κ2) is 5.86. The third-order valence-electron chi connectivity index (χ3n) is 2.83.